The van der Waals surface area contributed by atoms with E-state index in [1.807, 2.05) is 0 Å². The van der Waals surface area contributed by atoms with Crippen molar-refractivity contribution in [3.8, 4) is 0 Å². The van der Waals surface area contributed by atoms with E-state index in [0.717, 1.165) is 64.7 Å². The third kappa shape index (κ3) is 5.47. The summed E-state index contributed by atoms with van der Waals surface area (Å²) in [6.07, 6.45) is 6.17. The highest BCUT2D eigenvalue weighted by Gasteiger charge is 2.25. The van der Waals surface area contributed by atoms with E-state index in [2.05, 4.69) is 29.4 Å². The Hall–Kier alpha value is -0.810. The van der Waals surface area contributed by atoms with Crippen LogP contribution in [0.25, 0.3) is 0 Å². The minimum atomic E-state index is -0.211. The average molecular weight is 297 g/mol. The van der Waals surface area contributed by atoms with Gasteiger partial charge in [-0.2, -0.15) is 0 Å². The molecule has 0 aromatic heterocycles. The summed E-state index contributed by atoms with van der Waals surface area (Å²) in [7, 11) is 0. The van der Waals surface area contributed by atoms with Gasteiger partial charge < -0.3 is 20.3 Å². The number of alkyl carbamates (subject to hydrolysis) is 1. The number of nitrogens with one attached hydrogen (secondary N) is 2. The third-order valence-corrected chi connectivity index (χ3v) is 4.80. The maximum absolute atomic E-state index is 12.0. The second kappa shape index (κ2) is 8.59. The number of likely N-dealkylation sites (tertiary alicyclic amines) is 1. The van der Waals surface area contributed by atoms with E-state index in [1.165, 1.54) is 0 Å². The fraction of sp³-hybridized carbons (Fsp3) is 0.938. The lowest BCUT2D eigenvalue weighted by Crippen LogP contribution is -2.45. The smallest absolute Gasteiger partial charge is 0.407 e. The molecule has 0 aromatic rings. The number of rotatable bonds is 5. The van der Waals surface area contributed by atoms with Crippen molar-refractivity contribution < 1.29 is 9.53 Å². The molecule has 2 fully saturated rings. The van der Waals surface area contributed by atoms with E-state index in [1.54, 1.807) is 0 Å². The summed E-state index contributed by atoms with van der Waals surface area (Å²) in [6.45, 7) is 8.61. The molecular formula is C16H31N3O2. The summed E-state index contributed by atoms with van der Waals surface area (Å²) in [4.78, 5) is 14.4. The summed E-state index contributed by atoms with van der Waals surface area (Å²) in [5, 5.41) is 6.52. The van der Waals surface area contributed by atoms with Gasteiger partial charge in [-0.1, -0.05) is 13.8 Å². The van der Waals surface area contributed by atoms with Gasteiger partial charge in [0.15, 0.2) is 0 Å². The lowest BCUT2D eigenvalue weighted by molar-refractivity contribution is 0.0640. The Morgan fingerprint density at radius 1 is 1.05 bits per heavy atom. The van der Waals surface area contributed by atoms with Gasteiger partial charge in [-0.3, -0.25) is 0 Å². The van der Waals surface area contributed by atoms with Crippen LogP contribution in [-0.4, -0.2) is 55.4 Å². The molecule has 5 nitrogen and oxygen atoms in total. The first-order valence-electron chi connectivity index (χ1n) is 8.64. The van der Waals surface area contributed by atoms with Crippen LogP contribution in [0.3, 0.4) is 0 Å². The lowest BCUT2D eigenvalue weighted by Gasteiger charge is -2.32. The number of piperidine rings is 1. The topological polar surface area (TPSA) is 53.6 Å². The van der Waals surface area contributed by atoms with Crippen molar-refractivity contribution in [1.29, 1.82) is 0 Å². The highest BCUT2D eigenvalue weighted by Crippen LogP contribution is 2.21. The normalized spacial score (nSPS) is 28.3. The van der Waals surface area contributed by atoms with Gasteiger partial charge in [-0.25, -0.2) is 4.79 Å². The molecule has 0 atom stereocenters. The molecule has 2 N–H and O–H groups in total. The number of nitrogens with zero attached hydrogens (tertiary/aromatic N) is 1. The van der Waals surface area contributed by atoms with Crippen LogP contribution in [0, 0.1) is 0 Å². The van der Waals surface area contributed by atoms with Crippen LogP contribution in [0.5, 0.6) is 0 Å². The molecule has 1 heterocycles. The van der Waals surface area contributed by atoms with Gasteiger partial charge in [-0.15, -0.1) is 0 Å². The summed E-state index contributed by atoms with van der Waals surface area (Å²) in [6, 6.07) is 0.898. The fourth-order valence-corrected chi connectivity index (χ4v) is 3.42. The molecule has 21 heavy (non-hydrogen) atoms. The van der Waals surface area contributed by atoms with E-state index in [-0.39, 0.29) is 12.2 Å². The first-order valence-corrected chi connectivity index (χ1v) is 8.64. The summed E-state index contributed by atoms with van der Waals surface area (Å²) >= 11 is 0. The molecule has 1 aliphatic heterocycles. The minimum Gasteiger partial charge on any atom is -0.446 e. The molecule has 0 bridgehead atoms. The zero-order chi connectivity index (χ0) is 15.1. The number of hydrogen-bond donors (Lipinski definition) is 2. The highest BCUT2D eigenvalue weighted by atomic mass is 16.6. The third-order valence-electron chi connectivity index (χ3n) is 4.80. The molecule has 0 spiro atoms. The Labute approximate surface area is 128 Å². The summed E-state index contributed by atoms with van der Waals surface area (Å²) < 4.78 is 5.58. The second-order valence-corrected chi connectivity index (χ2v) is 6.29. The van der Waals surface area contributed by atoms with Crippen LogP contribution in [0.2, 0.25) is 0 Å². The zero-order valence-corrected chi connectivity index (χ0v) is 13.6. The summed E-state index contributed by atoms with van der Waals surface area (Å²) in [5.74, 6) is 0. The van der Waals surface area contributed by atoms with Crippen LogP contribution < -0.4 is 10.6 Å². The highest BCUT2D eigenvalue weighted by molar-refractivity contribution is 5.67. The van der Waals surface area contributed by atoms with Gasteiger partial charge >= 0.3 is 6.09 Å². The molecule has 0 aromatic carbocycles. The van der Waals surface area contributed by atoms with E-state index < -0.39 is 0 Å². The number of ether oxygens (including phenoxy) is 1. The molecule has 2 aliphatic rings. The van der Waals surface area contributed by atoms with Gasteiger partial charge in [0.2, 0.25) is 0 Å². The van der Waals surface area contributed by atoms with Crippen LogP contribution in [0.4, 0.5) is 4.79 Å². The maximum Gasteiger partial charge on any atom is 0.407 e. The SMILES string of the molecule is CCNC1CCC(OC(=O)NC2CCN(CC)CC2)CC1. The Morgan fingerprint density at radius 3 is 2.29 bits per heavy atom. The number of hydrogen-bond acceptors (Lipinski definition) is 4. The second-order valence-electron chi connectivity index (χ2n) is 6.29. The van der Waals surface area contributed by atoms with Crippen LogP contribution in [0.15, 0.2) is 0 Å². The number of carbonyl (C=O) groups is 1. The monoisotopic (exact) mass is 297 g/mol. The molecule has 0 radical (unpaired) electrons. The van der Waals surface area contributed by atoms with Crippen molar-refractivity contribution in [3.05, 3.63) is 0 Å². The molecule has 1 amide bonds. The van der Waals surface area contributed by atoms with Gasteiger partial charge in [0.05, 0.1) is 0 Å². The Morgan fingerprint density at radius 2 is 1.71 bits per heavy atom. The zero-order valence-electron chi connectivity index (χ0n) is 13.6. The fourth-order valence-electron chi connectivity index (χ4n) is 3.42. The average Bonchev–Trinajstić information content (AvgIpc) is 2.50. The maximum atomic E-state index is 12.0. The molecule has 2 rings (SSSR count). The Bertz CT molecular complexity index is 309. The molecule has 0 unspecified atom stereocenters. The van der Waals surface area contributed by atoms with Crippen molar-refractivity contribution in [2.24, 2.45) is 0 Å². The van der Waals surface area contributed by atoms with E-state index in [4.69, 9.17) is 4.74 Å². The van der Waals surface area contributed by atoms with Crippen molar-refractivity contribution in [2.45, 2.75) is 70.6 Å². The van der Waals surface area contributed by atoms with Gasteiger partial charge in [-0.05, 0) is 51.6 Å². The van der Waals surface area contributed by atoms with Crippen molar-refractivity contribution in [1.82, 2.24) is 15.5 Å². The van der Waals surface area contributed by atoms with E-state index in [0.29, 0.717) is 12.1 Å². The predicted octanol–water partition coefficient (Wildman–Crippen LogP) is 2.12. The van der Waals surface area contributed by atoms with Gasteiger partial charge in [0.1, 0.15) is 6.10 Å². The Kier molecular flexibility index (Phi) is 6.77. The number of carbonyl (C=O) groups excluding carboxylic acids is 1. The van der Waals surface area contributed by atoms with Crippen molar-refractivity contribution in [3.63, 3.8) is 0 Å². The van der Waals surface area contributed by atoms with E-state index in [9.17, 15) is 4.79 Å². The minimum absolute atomic E-state index is 0.107. The van der Waals surface area contributed by atoms with Crippen LogP contribution in [0.1, 0.15) is 52.4 Å². The lowest BCUT2D eigenvalue weighted by atomic mass is 9.93. The van der Waals surface area contributed by atoms with Crippen LogP contribution in [-0.2, 0) is 4.74 Å². The predicted molar refractivity (Wildman–Crippen MR) is 84.5 cm³/mol. The van der Waals surface area contributed by atoms with E-state index >= 15 is 0 Å². The molecule has 1 aliphatic carbocycles. The Balaban J connectivity index is 1.62. The quantitative estimate of drug-likeness (QED) is 0.816. The van der Waals surface area contributed by atoms with Gasteiger partial charge in [0.25, 0.3) is 0 Å². The van der Waals surface area contributed by atoms with Crippen molar-refractivity contribution in [2.75, 3.05) is 26.2 Å². The molecule has 122 valence electrons. The first-order chi connectivity index (χ1) is 10.2. The molecule has 1 saturated heterocycles. The summed E-state index contributed by atoms with van der Waals surface area (Å²) in [5.41, 5.74) is 0. The first kappa shape index (κ1) is 16.6. The molecule has 1 saturated carbocycles. The van der Waals surface area contributed by atoms with Crippen LogP contribution >= 0.6 is 0 Å². The molecule has 5 heteroatoms. The largest absolute Gasteiger partial charge is 0.446 e. The van der Waals surface area contributed by atoms with Gasteiger partial charge in [0, 0.05) is 25.2 Å². The standard InChI is InChI=1S/C16H31N3O2/c1-3-17-13-5-7-15(8-6-13)21-16(20)18-14-9-11-19(4-2)12-10-14/h13-15,17H,3-12H2,1-2H3,(H,18,20). The van der Waals surface area contributed by atoms with Crippen molar-refractivity contribution >= 4 is 6.09 Å². The molecular weight excluding hydrogens is 266 g/mol. The number of amides is 1.